The van der Waals surface area contributed by atoms with E-state index in [-0.39, 0.29) is 41.5 Å². The lowest BCUT2D eigenvalue weighted by atomic mass is 9.80. The number of amides is 1. The van der Waals surface area contributed by atoms with E-state index in [4.69, 9.17) is 0 Å². The Morgan fingerprint density at radius 3 is 2.09 bits per heavy atom. The Morgan fingerprint density at radius 1 is 0.943 bits per heavy atom. The van der Waals surface area contributed by atoms with Crippen LogP contribution in [0.2, 0.25) is 0 Å². The van der Waals surface area contributed by atoms with Gasteiger partial charge in [0, 0.05) is 16.8 Å². The topological polar surface area (TPSA) is 77.8 Å². The summed E-state index contributed by atoms with van der Waals surface area (Å²) in [4.78, 5) is 28.7. The third-order valence-corrected chi connectivity index (χ3v) is 9.69. The number of carbonyl (C=O) groups excluding carboxylic acids is 1. The van der Waals surface area contributed by atoms with Crippen molar-refractivity contribution in [2.75, 3.05) is 4.90 Å². The zero-order chi connectivity index (χ0) is 25.3. The Kier molecular flexibility index (Phi) is 8.15. The molecule has 0 aromatic carbocycles. The molecule has 196 valence electrons. The second-order valence-electron chi connectivity index (χ2n) is 10.9. The monoisotopic (exact) mass is 515 g/mol. The van der Waals surface area contributed by atoms with Crippen molar-refractivity contribution >= 4 is 28.9 Å². The molecule has 3 saturated carbocycles. The average Bonchev–Trinajstić information content (AvgIpc) is 3.26. The van der Waals surface area contributed by atoms with E-state index in [9.17, 15) is 33.0 Å². The number of alkyl halides is 3. The largest absolute Gasteiger partial charge is 0.477 e. The zero-order valence-corrected chi connectivity index (χ0v) is 21.0. The highest BCUT2D eigenvalue weighted by Gasteiger charge is 2.43. The fraction of sp³-hybridized carbons (Fsp3) is 0.769. The highest BCUT2D eigenvalue weighted by molar-refractivity contribution is 7.14. The molecule has 0 saturated heterocycles. The molecule has 0 bridgehead atoms. The number of thiophene rings is 1. The van der Waals surface area contributed by atoms with Crippen molar-refractivity contribution in [1.82, 2.24) is 0 Å². The quantitative estimate of drug-likeness (QED) is 0.455. The maximum Gasteiger partial charge on any atom is 0.391 e. The van der Waals surface area contributed by atoms with E-state index in [1.165, 1.54) is 0 Å². The predicted octanol–water partition coefficient (Wildman–Crippen LogP) is 6.75. The van der Waals surface area contributed by atoms with Crippen LogP contribution < -0.4 is 4.90 Å². The number of carboxylic acid groups (broad SMARTS) is 1. The molecule has 0 aliphatic heterocycles. The number of carboxylic acids is 1. The number of rotatable bonds is 5. The van der Waals surface area contributed by atoms with Crippen LogP contribution in [0, 0.1) is 17.8 Å². The summed E-state index contributed by atoms with van der Waals surface area (Å²) in [5, 5.41) is 20.0. The van der Waals surface area contributed by atoms with E-state index in [1.807, 2.05) is 0 Å². The fourth-order valence-corrected chi connectivity index (χ4v) is 7.31. The highest BCUT2D eigenvalue weighted by Crippen LogP contribution is 2.47. The number of carbonyl (C=O) groups is 2. The normalized spacial score (nSPS) is 32.3. The van der Waals surface area contributed by atoms with Crippen LogP contribution in [0.5, 0.6) is 0 Å². The first-order valence-corrected chi connectivity index (χ1v) is 13.8. The minimum atomic E-state index is -4.19. The van der Waals surface area contributed by atoms with Gasteiger partial charge in [-0.25, -0.2) is 4.79 Å². The summed E-state index contributed by atoms with van der Waals surface area (Å²) in [6.45, 7) is 2.18. The molecular weight excluding hydrogens is 479 g/mol. The molecule has 1 heterocycles. The van der Waals surface area contributed by atoms with E-state index in [2.05, 4.69) is 6.92 Å². The van der Waals surface area contributed by atoms with Gasteiger partial charge in [-0.15, -0.1) is 11.3 Å². The van der Waals surface area contributed by atoms with Crippen LogP contribution in [-0.2, 0) is 4.79 Å². The van der Waals surface area contributed by atoms with Crippen LogP contribution in [0.25, 0.3) is 0 Å². The number of aromatic carboxylic acids is 1. The molecule has 0 spiro atoms. The Labute approximate surface area is 208 Å². The highest BCUT2D eigenvalue weighted by atomic mass is 32.1. The Bertz CT molecular complexity index is 893. The molecular formula is C26H36F3NO4S. The van der Waals surface area contributed by atoms with Crippen LogP contribution in [0.3, 0.4) is 0 Å². The van der Waals surface area contributed by atoms with Crippen molar-refractivity contribution in [3.8, 4) is 0 Å². The minimum Gasteiger partial charge on any atom is -0.477 e. The van der Waals surface area contributed by atoms with Crippen molar-refractivity contribution in [3.05, 3.63) is 15.8 Å². The SMILES string of the molecule is CC1CCC(C(=O)N(c2cc(C3CCC(C(F)(F)F)CC3)sc2C(=O)O)C2CCC(O)CC2)CC1. The smallest absolute Gasteiger partial charge is 0.391 e. The summed E-state index contributed by atoms with van der Waals surface area (Å²) in [7, 11) is 0. The average molecular weight is 516 g/mol. The van der Waals surface area contributed by atoms with Crippen LogP contribution >= 0.6 is 11.3 Å². The molecule has 3 aliphatic rings. The number of halogens is 3. The van der Waals surface area contributed by atoms with Crippen molar-refractivity contribution in [2.45, 2.75) is 108 Å². The van der Waals surface area contributed by atoms with Gasteiger partial charge in [0.15, 0.2) is 0 Å². The van der Waals surface area contributed by atoms with Crippen LogP contribution in [0.15, 0.2) is 6.07 Å². The summed E-state index contributed by atoms with van der Waals surface area (Å²) in [5.41, 5.74) is 0.403. The van der Waals surface area contributed by atoms with Crippen LogP contribution in [0.4, 0.5) is 18.9 Å². The van der Waals surface area contributed by atoms with E-state index in [0.29, 0.717) is 50.1 Å². The second-order valence-corrected chi connectivity index (χ2v) is 12.0. The third-order valence-electron chi connectivity index (χ3n) is 8.41. The number of hydrogen-bond donors (Lipinski definition) is 2. The molecule has 9 heteroatoms. The maximum atomic E-state index is 13.9. The molecule has 0 atom stereocenters. The van der Waals surface area contributed by atoms with Crippen molar-refractivity contribution in [2.24, 2.45) is 17.8 Å². The summed E-state index contributed by atoms with van der Waals surface area (Å²) in [6.07, 6.45) is 2.10. The maximum absolute atomic E-state index is 13.9. The predicted molar refractivity (Wildman–Crippen MR) is 129 cm³/mol. The molecule has 1 amide bonds. The van der Waals surface area contributed by atoms with E-state index < -0.39 is 24.2 Å². The van der Waals surface area contributed by atoms with Gasteiger partial charge in [0.25, 0.3) is 0 Å². The molecule has 1 aromatic heterocycles. The molecule has 35 heavy (non-hydrogen) atoms. The molecule has 5 nitrogen and oxygen atoms in total. The van der Waals surface area contributed by atoms with Gasteiger partial charge in [0.2, 0.25) is 5.91 Å². The van der Waals surface area contributed by atoms with Gasteiger partial charge < -0.3 is 15.1 Å². The Morgan fingerprint density at radius 2 is 1.54 bits per heavy atom. The molecule has 0 radical (unpaired) electrons. The standard InChI is InChI=1S/C26H36F3NO4S/c1-15-2-4-17(5-3-15)24(32)30(19-10-12-20(31)13-11-19)21-14-22(35-23(21)25(33)34)16-6-8-18(9-7-16)26(27,28)29/h14-20,31H,2-13H2,1H3,(H,33,34). The van der Waals surface area contributed by atoms with Gasteiger partial charge in [0.05, 0.1) is 17.7 Å². The van der Waals surface area contributed by atoms with Crippen molar-refractivity contribution in [1.29, 1.82) is 0 Å². The number of hydrogen-bond acceptors (Lipinski definition) is 4. The number of anilines is 1. The number of aliphatic hydroxyl groups excluding tert-OH is 1. The lowest BCUT2D eigenvalue weighted by Crippen LogP contribution is -2.47. The van der Waals surface area contributed by atoms with Gasteiger partial charge in [-0.05, 0) is 95.0 Å². The summed E-state index contributed by atoms with van der Waals surface area (Å²) in [5.74, 6) is -2.13. The molecule has 1 aromatic rings. The number of nitrogens with zero attached hydrogens (tertiary/aromatic N) is 1. The lowest BCUT2D eigenvalue weighted by Gasteiger charge is -2.38. The Hall–Kier alpha value is -1.61. The van der Waals surface area contributed by atoms with Gasteiger partial charge in [-0.2, -0.15) is 13.2 Å². The minimum absolute atomic E-state index is 0.0362. The fourth-order valence-electron chi connectivity index (χ4n) is 6.15. The molecule has 3 fully saturated rings. The first kappa shape index (κ1) is 26.5. The van der Waals surface area contributed by atoms with E-state index in [1.54, 1.807) is 11.0 Å². The summed E-state index contributed by atoms with van der Waals surface area (Å²) >= 11 is 1.12. The lowest BCUT2D eigenvalue weighted by molar-refractivity contribution is -0.182. The molecule has 2 N–H and O–H groups in total. The third kappa shape index (κ3) is 6.04. The summed E-state index contributed by atoms with van der Waals surface area (Å²) in [6, 6.07) is 1.60. The van der Waals surface area contributed by atoms with Crippen molar-refractivity contribution in [3.63, 3.8) is 0 Å². The van der Waals surface area contributed by atoms with Gasteiger partial charge in [-0.3, -0.25) is 4.79 Å². The van der Waals surface area contributed by atoms with Gasteiger partial charge in [0.1, 0.15) is 4.88 Å². The molecule has 0 unspecified atom stereocenters. The first-order chi connectivity index (χ1) is 16.5. The van der Waals surface area contributed by atoms with Crippen LogP contribution in [-0.4, -0.2) is 40.4 Å². The van der Waals surface area contributed by atoms with E-state index >= 15 is 0 Å². The van der Waals surface area contributed by atoms with Gasteiger partial charge >= 0.3 is 12.1 Å². The van der Waals surface area contributed by atoms with E-state index in [0.717, 1.165) is 41.9 Å². The molecule has 4 rings (SSSR count). The Balaban J connectivity index is 1.62. The molecule has 3 aliphatic carbocycles. The first-order valence-electron chi connectivity index (χ1n) is 13.0. The summed E-state index contributed by atoms with van der Waals surface area (Å²) < 4.78 is 39.4. The second kappa shape index (κ2) is 10.8. The van der Waals surface area contributed by atoms with Crippen LogP contribution in [0.1, 0.15) is 104 Å². The van der Waals surface area contributed by atoms with Gasteiger partial charge in [-0.1, -0.05) is 6.92 Å². The zero-order valence-electron chi connectivity index (χ0n) is 20.2. The van der Waals surface area contributed by atoms with Crippen molar-refractivity contribution < 1.29 is 33.0 Å². The number of aliphatic hydroxyl groups is 1.